The van der Waals surface area contributed by atoms with Crippen LogP contribution < -0.4 is 4.74 Å². The number of hydrogen-bond acceptors (Lipinski definition) is 4. The molecule has 0 fully saturated rings. The first-order chi connectivity index (χ1) is 18.0. The van der Waals surface area contributed by atoms with Crippen molar-refractivity contribution in [3.8, 4) is 28.5 Å². The van der Waals surface area contributed by atoms with Crippen LogP contribution in [0.25, 0.3) is 22.6 Å². The molecule has 0 aliphatic carbocycles. The highest BCUT2D eigenvalue weighted by Crippen LogP contribution is 2.57. The van der Waals surface area contributed by atoms with Gasteiger partial charge in [0.15, 0.2) is 0 Å². The van der Waals surface area contributed by atoms with Gasteiger partial charge in [0.2, 0.25) is 5.88 Å². The number of thioether (sulfide) groups is 1. The smallest absolute Gasteiger partial charge is 0.221 e. The molecule has 2 aromatic heterocycles. The molecule has 3 aromatic carbocycles. The third-order valence-corrected chi connectivity index (χ3v) is 8.86. The Morgan fingerprint density at radius 1 is 0.784 bits per heavy atom. The van der Waals surface area contributed by atoms with Crippen LogP contribution in [0.4, 0.5) is 0 Å². The van der Waals surface area contributed by atoms with Crippen molar-refractivity contribution in [3.05, 3.63) is 108 Å². The summed E-state index contributed by atoms with van der Waals surface area (Å²) in [5, 5.41) is 11.5. The fourth-order valence-electron chi connectivity index (χ4n) is 5.84. The van der Waals surface area contributed by atoms with E-state index in [-0.39, 0.29) is 17.4 Å². The van der Waals surface area contributed by atoms with Crippen LogP contribution in [0.1, 0.15) is 36.6 Å². The number of aryl methyl sites for hydroxylation is 1. The molecule has 0 radical (unpaired) electrons. The lowest BCUT2D eigenvalue weighted by atomic mass is 9.71. The summed E-state index contributed by atoms with van der Waals surface area (Å²) in [7, 11) is 0. The van der Waals surface area contributed by atoms with E-state index < -0.39 is 0 Å². The Balaban J connectivity index is 1.52. The van der Waals surface area contributed by atoms with Crippen molar-refractivity contribution in [3.63, 3.8) is 0 Å². The summed E-state index contributed by atoms with van der Waals surface area (Å²) in [6.07, 6.45) is 0. The zero-order valence-corrected chi connectivity index (χ0v) is 21.9. The summed E-state index contributed by atoms with van der Waals surface area (Å²) in [5.74, 6) is 2.20. The molecule has 37 heavy (non-hydrogen) atoms. The Morgan fingerprint density at radius 2 is 1.38 bits per heavy atom. The second-order valence-corrected chi connectivity index (χ2v) is 11.3. The van der Waals surface area contributed by atoms with Crippen LogP contribution in [0.5, 0.6) is 5.88 Å². The molecule has 0 saturated carbocycles. The van der Waals surface area contributed by atoms with Gasteiger partial charge in [-0.1, -0.05) is 66.7 Å². The van der Waals surface area contributed by atoms with Crippen molar-refractivity contribution in [2.24, 2.45) is 5.92 Å². The van der Waals surface area contributed by atoms with Crippen LogP contribution >= 0.6 is 11.8 Å². The third kappa shape index (κ3) is 3.46. The Morgan fingerprint density at radius 3 is 2.03 bits per heavy atom. The fourth-order valence-corrected chi connectivity index (χ4v) is 7.42. The van der Waals surface area contributed by atoms with Crippen LogP contribution in [0.15, 0.2) is 96.0 Å². The van der Waals surface area contributed by atoms with Gasteiger partial charge < -0.3 is 4.74 Å². The number of para-hydroxylation sites is 2. The van der Waals surface area contributed by atoms with E-state index in [0.717, 1.165) is 40.0 Å². The van der Waals surface area contributed by atoms with Gasteiger partial charge in [-0.15, -0.1) is 11.8 Å². The zero-order valence-electron chi connectivity index (χ0n) is 21.1. The molecule has 0 spiro atoms. The van der Waals surface area contributed by atoms with Crippen LogP contribution in [-0.4, -0.2) is 30.9 Å². The minimum absolute atomic E-state index is 0.125. The van der Waals surface area contributed by atoms with E-state index in [1.165, 1.54) is 16.2 Å². The molecule has 6 heteroatoms. The molecule has 184 valence electrons. The van der Waals surface area contributed by atoms with Gasteiger partial charge in [0.1, 0.15) is 10.6 Å². The predicted molar refractivity (Wildman–Crippen MR) is 148 cm³/mol. The maximum absolute atomic E-state index is 6.81. The van der Waals surface area contributed by atoms with Crippen LogP contribution in [0.2, 0.25) is 0 Å². The number of aromatic nitrogens is 4. The lowest BCUT2D eigenvalue weighted by Gasteiger charge is -2.46. The van der Waals surface area contributed by atoms with E-state index in [0.29, 0.717) is 0 Å². The highest BCUT2D eigenvalue weighted by atomic mass is 32.2. The summed E-state index contributed by atoms with van der Waals surface area (Å²) in [4.78, 5) is 0. The molecular weight excluding hydrogens is 476 g/mol. The first-order valence-electron chi connectivity index (χ1n) is 12.7. The molecule has 0 saturated heterocycles. The normalized spacial score (nSPS) is 19.4. The largest absolute Gasteiger partial charge is 0.471 e. The second-order valence-electron chi connectivity index (χ2n) is 10.3. The second kappa shape index (κ2) is 8.38. The quantitative estimate of drug-likeness (QED) is 0.264. The Labute approximate surface area is 221 Å². The van der Waals surface area contributed by atoms with Crippen LogP contribution in [-0.2, 0) is 0 Å². The number of hydrogen-bond donors (Lipinski definition) is 0. The van der Waals surface area contributed by atoms with Crippen molar-refractivity contribution in [1.29, 1.82) is 0 Å². The Bertz CT molecular complexity index is 1590. The summed E-state index contributed by atoms with van der Waals surface area (Å²) in [5.41, 5.74) is 7.36. The van der Waals surface area contributed by atoms with Gasteiger partial charge in [0.05, 0.1) is 22.8 Å². The molecule has 2 unspecified atom stereocenters. The average molecular weight is 505 g/mol. The van der Waals surface area contributed by atoms with E-state index in [9.17, 15) is 0 Å². The predicted octanol–water partition coefficient (Wildman–Crippen LogP) is 7.06. The number of nitrogens with zero attached hydrogens (tertiary/aromatic N) is 4. The maximum atomic E-state index is 6.81. The van der Waals surface area contributed by atoms with Crippen molar-refractivity contribution in [2.45, 2.75) is 37.3 Å². The molecular formula is C31H28N4OS. The standard InChI is InChI=1S/C31H28N4OS/c1-20-25-26-24(31(2,3)36-29(25)34(32-20)22-15-9-5-10-16-22)19-37-30-27(26)28(21-13-7-4-8-14-21)33-35(30)23-17-11-6-12-18-23/h4-18,24,26H,19H2,1-3H3. The summed E-state index contributed by atoms with van der Waals surface area (Å²) >= 11 is 1.89. The molecule has 0 bridgehead atoms. The first-order valence-corrected chi connectivity index (χ1v) is 13.7. The molecule has 4 heterocycles. The number of benzene rings is 3. The molecule has 2 atom stereocenters. The molecule has 5 nitrogen and oxygen atoms in total. The zero-order chi connectivity index (χ0) is 25.1. The highest BCUT2D eigenvalue weighted by Gasteiger charge is 2.51. The topological polar surface area (TPSA) is 44.9 Å². The van der Waals surface area contributed by atoms with Gasteiger partial charge in [-0.05, 0) is 45.0 Å². The minimum atomic E-state index is -0.371. The van der Waals surface area contributed by atoms with Crippen molar-refractivity contribution < 1.29 is 4.74 Å². The Kier molecular flexibility index (Phi) is 5.08. The SMILES string of the molecule is Cc1nn(-c2ccccc2)c2c1C1c3c(-c4ccccc4)nn(-c4ccccc4)c3SCC1C(C)(C)O2. The van der Waals surface area contributed by atoms with Crippen molar-refractivity contribution in [2.75, 3.05) is 5.75 Å². The third-order valence-electron chi connectivity index (χ3n) is 7.67. The van der Waals surface area contributed by atoms with Gasteiger partial charge in [-0.25, -0.2) is 9.36 Å². The van der Waals surface area contributed by atoms with Crippen molar-refractivity contribution in [1.82, 2.24) is 19.6 Å². The van der Waals surface area contributed by atoms with Gasteiger partial charge >= 0.3 is 0 Å². The van der Waals surface area contributed by atoms with Crippen LogP contribution in [0, 0.1) is 12.8 Å². The van der Waals surface area contributed by atoms with E-state index in [1.807, 2.05) is 34.6 Å². The molecule has 7 rings (SSSR count). The lowest BCUT2D eigenvalue weighted by molar-refractivity contribution is 0.0200. The molecule has 2 aliphatic heterocycles. The van der Waals surface area contributed by atoms with Crippen LogP contribution in [0.3, 0.4) is 0 Å². The van der Waals surface area contributed by atoms with E-state index in [2.05, 4.69) is 98.2 Å². The van der Waals surface area contributed by atoms with Gasteiger partial charge in [0, 0.05) is 34.3 Å². The maximum Gasteiger partial charge on any atom is 0.221 e. The van der Waals surface area contributed by atoms with Gasteiger partial charge in [-0.2, -0.15) is 10.2 Å². The van der Waals surface area contributed by atoms with Crippen molar-refractivity contribution >= 4 is 11.8 Å². The highest BCUT2D eigenvalue weighted by molar-refractivity contribution is 7.99. The average Bonchev–Trinajstić information content (AvgIpc) is 3.48. The lowest BCUT2D eigenvalue weighted by Crippen LogP contribution is -2.47. The van der Waals surface area contributed by atoms with Gasteiger partial charge in [-0.3, -0.25) is 0 Å². The van der Waals surface area contributed by atoms with E-state index in [1.54, 1.807) is 0 Å². The number of fused-ring (bicyclic) bond motifs is 5. The Hall–Kier alpha value is -3.77. The van der Waals surface area contributed by atoms with E-state index >= 15 is 0 Å². The minimum Gasteiger partial charge on any atom is -0.471 e. The fraction of sp³-hybridized carbons (Fsp3) is 0.226. The number of rotatable bonds is 3. The monoisotopic (exact) mass is 504 g/mol. The molecule has 2 aliphatic rings. The number of ether oxygens (including phenoxy) is 1. The summed E-state index contributed by atoms with van der Waals surface area (Å²) < 4.78 is 10.9. The molecule has 0 amide bonds. The van der Waals surface area contributed by atoms with Gasteiger partial charge in [0.25, 0.3) is 0 Å². The molecule has 0 N–H and O–H groups in total. The summed E-state index contributed by atoms with van der Waals surface area (Å²) in [6, 6.07) is 31.3. The molecule has 5 aromatic rings. The first kappa shape index (κ1) is 22.4. The van der Waals surface area contributed by atoms with E-state index in [4.69, 9.17) is 14.9 Å². The summed E-state index contributed by atoms with van der Waals surface area (Å²) in [6.45, 7) is 6.56.